The highest BCUT2D eigenvalue weighted by atomic mass is 19.4. The zero-order valence-corrected chi connectivity index (χ0v) is 14.2. The average molecular weight is 350 g/mol. The van der Waals surface area contributed by atoms with Gasteiger partial charge in [0.25, 0.3) is 5.91 Å². The molecule has 2 N–H and O–H groups in total. The number of nitrogens with one attached hydrogen (secondary N) is 2. The maximum absolute atomic E-state index is 12.8. The molecule has 1 amide bonds. The molecule has 25 heavy (non-hydrogen) atoms. The van der Waals surface area contributed by atoms with Crippen molar-refractivity contribution in [3.05, 3.63) is 70.8 Å². The zero-order valence-electron chi connectivity index (χ0n) is 14.2. The van der Waals surface area contributed by atoms with E-state index < -0.39 is 17.8 Å². The molecule has 0 fully saturated rings. The minimum absolute atomic E-state index is 0.295. The molecule has 0 bridgehead atoms. The normalized spacial score (nSPS) is 12.7. The average Bonchev–Trinajstić information content (AvgIpc) is 2.59. The molecule has 134 valence electrons. The van der Waals surface area contributed by atoms with Crippen molar-refractivity contribution < 1.29 is 18.0 Å². The zero-order chi connectivity index (χ0) is 18.4. The first-order chi connectivity index (χ1) is 11.8. The number of carbonyl (C=O) groups is 1. The Balaban J connectivity index is 2.16. The summed E-state index contributed by atoms with van der Waals surface area (Å²) in [5.74, 6) is -0.295. The molecule has 0 aliphatic rings. The first-order valence-electron chi connectivity index (χ1n) is 8.03. The number of hydrogen-bond acceptors (Lipinski definition) is 2. The van der Waals surface area contributed by atoms with E-state index in [0.717, 1.165) is 24.2 Å². The second kappa shape index (κ2) is 8.16. The van der Waals surface area contributed by atoms with E-state index in [1.165, 1.54) is 6.07 Å². The molecule has 6 heteroatoms. The molecule has 0 aliphatic heterocycles. The van der Waals surface area contributed by atoms with Gasteiger partial charge in [-0.15, -0.1) is 0 Å². The van der Waals surface area contributed by atoms with Gasteiger partial charge >= 0.3 is 6.18 Å². The number of carbonyl (C=O) groups excluding carboxylic acids is 1. The van der Waals surface area contributed by atoms with Gasteiger partial charge in [-0.1, -0.05) is 30.3 Å². The van der Waals surface area contributed by atoms with E-state index in [2.05, 4.69) is 10.6 Å². The minimum atomic E-state index is -4.40. The van der Waals surface area contributed by atoms with E-state index in [1.54, 1.807) is 25.1 Å². The van der Waals surface area contributed by atoms with E-state index in [9.17, 15) is 18.0 Å². The SMILES string of the molecule is CNCCc1ccccc1C(=O)NC(C)c1cccc(C(F)(F)F)c1. The molecule has 0 radical (unpaired) electrons. The molecular weight excluding hydrogens is 329 g/mol. The fraction of sp³-hybridized carbons (Fsp3) is 0.316. The number of hydrogen-bond donors (Lipinski definition) is 2. The lowest BCUT2D eigenvalue weighted by atomic mass is 10.0. The Labute approximate surface area is 145 Å². The van der Waals surface area contributed by atoms with Crippen molar-refractivity contribution in [2.24, 2.45) is 0 Å². The van der Waals surface area contributed by atoms with Gasteiger partial charge in [0.15, 0.2) is 0 Å². The molecule has 2 aromatic carbocycles. The summed E-state index contributed by atoms with van der Waals surface area (Å²) in [6.45, 7) is 2.40. The van der Waals surface area contributed by atoms with Crippen LogP contribution in [0.25, 0.3) is 0 Å². The van der Waals surface area contributed by atoms with E-state index in [-0.39, 0.29) is 5.91 Å². The van der Waals surface area contributed by atoms with Gasteiger partial charge in [-0.05, 0) is 56.3 Å². The summed E-state index contributed by atoms with van der Waals surface area (Å²) in [6.07, 6.45) is -3.71. The Bertz CT molecular complexity index is 729. The molecule has 0 spiro atoms. The maximum Gasteiger partial charge on any atom is 0.416 e. The molecule has 0 heterocycles. The number of halogens is 3. The summed E-state index contributed by atoms with van der Waals surface area (Å²) in [4.78, 5) is 12.5. The topological polar surface area (TPSA) is 41.1 Å². The van der Waals surface area contributed by atoms with Crippen molar-refractivity contribution in [2.45, 2.75) is 25.6 Å². The van der Waals surface area contributed by atoms with Crippen LogP contribution in [0.4, 0.5) is 13.2 Å². The highest BCUT2D eigenvalue weighted by molar-refractivity contribution is 5.95. The second-order valence-corrected chi connectivity index (χ2v) is 5.83. The molecule has 1 unspecified atom stereocenters. The van der Waals surface area contributed by atoms with Gasteiger partial charge in [-0.25, -0.2) is 0 Å². The van der Waals surface area contributed by atoms with Gasteiger partial charge in [0.05, 0.1) is 11.6 Å². The lowest BCUT2D eigenvalue weighted by Gasteiger charge is -2.17. The lowest BCUT2D eigenvalue weighted by molar-refractivity contribution is -0.137. The highest BCUT2D eigenvalue weighted by Gasteiger charge is 2.30. The first-order valence-corrected chi connectivity index (χ1v) is 8.03. The van der Waals surface area contributed by atoms with Crippen LogP contribution in [0.1, 0.15) is 40.0 Å². The predicted molar refractivity (Wildman–Crippen MR) is 91.4 cm³/mol. The molecule has 3 nitrogen and oxygen atoms in total. The summed E-state index contributed by atoms with van der Waals surface area (Å²) in [7, 11) is 1.83. The van der Waals surface area contributed by atoms with Crippen molar-refractivity contribution in [3.8, 4) is 0 Å². The van der Waals surface area contributed by atoms with Crippen LogP contribution in [0.2, 0.25) is 0 Å². The fourth-order valence-corrected chi connectivity index (χ4v) is 2.56. The molecule has 2 aromatic rings. The molecular formula is C19H21F3N2O. The summed E-state index contributed by atoms with van der Waals surface area (Å²) >= 11 is 0. The predicted octanol–water partition coefficient (Wildman–Crippen LogP) is 3.96. The molecule has 2 rings (SSSR count). The third-order valence-electron chi connectivity index (χ3n) is 3.97. The Morgan fingerprint density at radius 1 is 1.12 bits per heavy atom. The largest absolute Gasteiger partial charge is 0.416 e. The second-order valence-electron chi connectivity index (χ2n) is 5.83. The molecule has 1 atom stereocenters. The summed E-state index contributed by atoms with van der Waals surface area (Å²) in [5, 5.41) is 5.81. The summed E-state index contributed by atoms with van der Waals surface area (Å²) < 4.78 is 38.5. The van der Waals surface area contributed by atoms with E-state index in [1.807, 2.05) is 19.2 Å². The van der Waals surface area contributed by atoms with E-state index >= 15 is 0 Å². The maximum atomic E-state index is 12.8. The number of rotatable bonds is 6. The van der Waals surface area contributed by atoms with E-state index in [4.69, 9.17) is 0 Å². The highest BCUT2D eigenvalue weighted by Crippen LogP contribution is 2.30. The first kappa shape index (κ1) is 19.0. The van der Waals surface area contributed by atoms with Gasteiger partial charge in [0, 0.05) is 5.56 Å². The minimum Gasteiger partial charge on any atom is -0.346 e. The Hall–Kier alpha value is -2.34. The van der Waals surface area contributed by atoms with E-state index in [0.29, 0.717) is 17.5 Å². The Morgan fingerprint density at radius 3 is 2.52 bits per heavy atom. The monoisotopic (exact) mass is 350 g/mol. The van der Waals surface area contributed by atoms with Crippen LogP contribution in [0, 0.1) is 0 Å². The van der Waals surface area contributed by atoms with Crippen LogP contribution in [-0.2, 0) is 12.6 Å². The van der Waals surface area contributed by atoms with Gasteiger partial charge in [0.1, 0.15) is 0 Å². The summed E-state index contributed by atoms with van der Waals surface area (Å²) in [5.41, 5.74) is 1.12. The number of alkyl halides is 3. The number of likely N-dealkylation sites (N-methyl/N-ethyl adjacent to an activating group) is 1. The third-order valence-corrected chi connectivity index (χ3v) is 3.97. The fourth-order valence-electron chi connectivity index (χ4n) is 2.56. The van der Waals surface area contributed by atoms with Gasteiger partial charge in [-0.2, -0.15) is 13.2 Å². The van der Waals surface area contributed by atoms with Crippen molar-refractivity contribution in [3.63, 3.8) is 0 Å². The quantitative estimate of drug-likeness (QED) is 0.828. The van der Waals surface area contributed by atoms with Crippen LogP contribution in [-0.4, -0.2) is 19.5 Å². The van der Waals surface area contributed by atoms with Crippen molar-refractivity contribution in [1.82, 2.24) is 10.6 Å². The van der Waals surface area contributed by atoms with Crippen molar-refractivity contribution >= 4 is 5.91 Å². The van der Waals surface area contributed by atoms with Crippen molar-refractivity contribution in [1.29, 1.82) is 0 Å². The standard InChI is InChI=1S/C19H21F3N2O/c1-13(15-7-5-8-16(12-15)19(20,21)22)24-18(25)17-9-4-3-6-14(17)10-11-23-2/h3-9,12-13,23H,10-11H2,1-2H3,(H,24,25). The van der Waals surface area contributed by atoms with Gasteiger partial charge < -0.3 is 10.6 Å². The van der Waals surface area contributed by atoms with Crippen LogP contribution >= 0.6 is 0 Å². The molecule has 0 saturated heterocycles. The van der Waals surface area contributed by atoms with Crippen LogP contribution < -0.4 is 10.6 Å². The lowest BCUT2D eigenvalue weighted by Crippen LogP contribution is -2.28. The Kier molecular flexibility index (Phi) is 6.20. The smallest absolute Gasteiger partial charge is 0.346 e. The molecule has 0 aromatic heterocycles. The molecule has 0 aliphatic carbocycles. The molecule has 0 saturated carbocycles. The van der Waals surface area contributed by atoms with Crippen LogP contribution in [0.3, 0.4) is 0 Å². The third kappa shape index (κ3) is 5.06. The van der Waals surface area contributed by atoms with Gasteiger partial charge in [0.2, 0.25) is 0 Å². The van der Waals surface area contributed by atoms with Crippen LogP contribution in [0.15, 0.2) is 48.5 Å². The Morgan fingerprint density at radius 2 is 1.84 bits per heavy atom. The number of benzene rings is 2. The van der Waals surface area contributed by atoms with Crippen molar-refractivity contribution in [2.75, 3.05) is 13.6 Å². The van der Waals surface area contributed by atoms with Gasteiger partial charge in [-0.3, -0.25) is 4.79 Å². The summed E-state index contributed by atoms with van der Waals surface area (Å²) in [6, 6.07) is 11.7. The van der Waals surface area contributed by atoms with Crippen LogP contribution in [0.5, 0.6) is 0 Å². The number of amides is 1.